The SMILES string of the molecule is NCc1ccc(-c2ccc(NC(=O)C3(c4ccc5c(c4)OCO5)CC3)cc2C(F)(F)F)cc1. The predicted octanol–water partition coefficient (Wildman–Crippen LogP) is 5.23. The van der Waals surface area contributed by atoms with E-state index in [9.17, 15) is 18.0 Å². The molecule has 33 heavy (non-hydrogen) atoms. The van der Waals surface area contributed by atoms with E-state index in [2.05, 4.69) is 5.32 Å². The maximum atomic E-state index is 13.9. The van der Waals surface area contributed by atoms with Crippen molar-refractivity contribution in [2.45, 2.75) is 31.0 Å². The summed E-state index contributed by atoms with van der Waals surface area (Å²) in [6.45, 7) is 0.433. The van der Waals surface area contributed by atoms with Crippen molar-refractivity contribution < 1.29 is 27.4 Å². The molecule has 0 aromatic heterocycles. The molecular formula is C25H21F3N2O3. The summed E-state index contributed by atoms with van der Waals surface area (Å²) in [7, 11) is 0. The number of hydrogen-bond donors (Lipinski definition) is 2. The van der Waals surface area contributed by atoms with Gasteiger partial charge in [0, 0.05) is 12.2 Å². The van der Waals surface area contributed by atoms with Crippen LogP contribution < -0.4 is 20.5 Å². The zero-order valence-corrected chi connectivity index (χ0v) is 17.5. The van der Waals surface area contributed by atoms with Crippen LogP contribution in [0.25, 0.3) is 11.1 Å². The van der Waals surface area contributed by atoms with Gasteiger partial charge >= 0.3 is 6.18 Å². The van der Waals surface area contributed by atoms with Crippen LogP contribution in [0.4, 0.5) is 18.9 Å². The highest BCUT2D eigenvalue weighted by Crippen LogP contribution is 2.51. The van der Waals surface area contributed by atoms with Gasteiger partial charge in [-0.15, -0.1) is 0 Å². The van der Waals surface area contributed by atoms with Gasteiger partial charge in [-0.2, -0.15) is 13.2 Å². The first-order valence-electron chi connectivity index (χ1n) is 10.5. The molecule has 1 aliphatic carbocycles. The largest absolute Gasteiger partial charge is 0.454 e. The van der Waals surface area contributed by atoms with Crippen LogP contribution in [0.1, 0.15) is 29.5 Å². The molecule has 5 rings (SSSR count). The van der Waals surface area contributed by atoms with E-state index < -0.39 is 17.2 Å². The van der Waals surface area contributed by atoms with E-state index in [4.69, 9.17) is 15.2 Å². The quantitative estimate of drug-likeness (QED) is 0.554. The number of benzene rings is 3. The number of amides is 1. The van der Waals surface area contributed by atoms with Gasteiger partial charge in [0.2, 0.25) is 12.7 Å². The monoisotopic (exact) mass is 454 g/mol. The minimum atomic E-state index is -4.59. The molecule has 1 fully saturated rings. The van der Waals surface area contributed by atoms with Crippen LogP contribution in [-0.4, -0.2) is 12.7 Å². The fourth-order valence-electron chi connectivity index (χ4n) is 4.15. The molecule has 5 nitrogen and oxygen atoms in total. The van der Waals surface area contributed by atoms with Crippen LogP contribution >= 0.6 is 0 Å². The Balaban J connectivity index is 1.43. The third kappa shape index (κ3) is 3.91. The lowest BCUT2D eigenvalue weighted by atomic mass is 9.94. The second-order valence-electron chi connectivity index (χ2n) is 8.26. The predicted molar refractivity (Wildman–Crippen MR) is 117 cm³/mol. The summed E-state index contributed by atoms with van der Waals surface area (Å²) in [5, 5.41) is 2.69. The molecule has 3 N–H and O–H groups in total. The molecule has 0 saturated heterocycles. The average molecular weight is 454 g/mol. The Hall–Kier alpha value is -3.52. The van der Waals surface area contributed by atoms with Crippen LogP contribution in [-0.2, 0) is 22.9 Å². The van der Waals surface area contributed by atoms with Crippen LogP contribution in [0.3, 0.4) is 0 Å². The van der Waals surface area contributed by atoms with E-state index in [0.29, 0.717) is 36.4 Å². The molecule has 0 bridgehead atoms. The second-order valence-corrected chi connectivity index (χ2v) is 8.26. The van der Waals surface area contributed by atoms with Gasteiger partial charge in [0.25, 0.3) is 0 Å². The first-order valence-corrected chi connectivity index (χ1v) is 10.5. The Bertz CT molecular complexity index is 1220. The van der Waals surface area contributed by atoms with Gasteiger partial charge in [-0.1, -0.05) is 36.4 Å². The lowest BCUT2D eigenvalue weighted by Crippen LogP contribution is -2.28. The van der Waals surface area contributed by atoms with E-state index in [1.54, 1.807) is 42.5 Å². The summed E-state index contributed by atoms with van der Waals surface area (Å²) in [6.07, 6.45) is -3.37. The third-order valence-electron chi connectivity index (χ3n) is 6.19. The van der Waals surface area contributed by atoms with Crippen LogP contribution in [0.5, 0.6) is 11.5 Å². The minimum Gasteiger partial charge on any atom is -0.454 e. The van der Waals surface area contributed by atoms with Crippen molar-refractivity contribution in [1.82, 2.24) is 0 Å². The van der Waals surface area contributed by atoms with E-state index in [1.165, 1.54) is 12.1 Å². The van der Waals surface area contributed by atoms with Crippen molar-refractivity contribution in [2.75, 3.05) is 12.1 Å². The number of rotatable bonds is 5. The van der Waals surface area contributed by atoms with Crippen molar-refractivity contribution in [2.24, 2.45) is 5.73 Å². The number of anilines is 1. The lowest BCUT2D eigenvalue weighted by Gasteiger charge is -2.19. The van der Waals surface area contributed by atoms with Gasteiger partial charge in [0.1, 0.15) is 0 Å². The number of nitrogens with one attached hydrogen (secondary N) is 1. The summed E-state index contributed by atoms with van der Waals surface area (Å²) < 4.78 is 52.3. The highest BCUT2D eigenvalue weighted by atomic mass is 19.4. The number of nitrogens with two attached hydrogens (primary N) is 1. The zero-order valence-electron chi connectivity index (χ0n) is 17.5. The molecule has 0 unspecified atom stereocenters. The molecule has 3 aromatic carbocycles. The van der Waals surface area contributed by atoms with Crippen molar-refractivity contribution in [1.29, 1.82) is 0 Å². The molecule has 2 aliphatic rings. The van der Waals surface area contributed by atoms with Crippen LogP contribution in [0, 0.1) is 0 Å². The average Bonchev–Trinajstić information content (AvgIpc) is 3.49. The summed E-state index contributed by atoms with van der Waals surface area (Å²) in [6, 6.07) is 15.8. The van der Waals surface area contributed by atoms with E-state index in [1.807, 2.05) is 0 Å². The topological polar surface area (TPSA) is 73.6 Å². The smallest absolute Gasteiger partial charge is 0.417 e. The molecule has 1 heterocycles. The summed E-state index contributed by atoms with van der Waals surface area (Å²) >= 11 is 0. The molecule has 1 saturated carbocycles. The Morgan fingerprint density at radius 2 is 1.70 bits per heavy atom. The number of alkyl halides is 3. The molecular weight excluding hydrogens is 433 g/mol. The third-order valence-corrected chi connectivity index (χ3v) is 6.19. The van der Waals surface area contributed by atoms with Crippen LogP contribution in [0.15, 0.2) is 60.7 Å². The highest BCUT2D eigenvalue weighted by Gasteiger charge is 2.51. The second kappa shape index (κ2) is 7.81. The maximum absolute atomic E-state index is 13.9. The maximum Gasteiger partial charge on any atom is 0.417 e. The molecule has 170 valence electrons. The Labute approximate surface area is 188 Å². The number of halogens is 3. The van der Waals surface area contributed by atoms with Crippen molar-refractivity contribution >= 4 is 11.6 Å². The number of ether oxygens (including phenoxy) is 2. The number of carbonyl (C=O) groups excluding carboxylic acids is 1. The minimum absolute atomic E-state index is 0.0426. The number of fused-ring (bicyclic) bond motifs is 1. The van der Waals surface area contributed by atoms with E-state index in [-0.39, 0.29) is 24.0 Å². The van der Waals surface area contributed by atoms with E-state index in [0.717, 1.165) is 17.2 Å². The zero-order chi connectivity index (χ0) is 23.2. The standard InChI is InChI=1S/C25H21F3N2O3/c26-25(27,28)20-12-18(6-7-19(20)16-3-1-15(13-29)2-4-16)30-23(31)24(9-10-24)17-5-8-21-22(11-17)33-14-32-21/h1-8,11-12H,9-10,13-14,29H2,(H,30,31). The molecule has 8 heteroatoms. The van der Waals surface area contributed by atoms with Crippen molar-refractivity contribution in [3.8, 4) is 22.6 Å². The van der Waals surface area contributed by atoms with Crippen LogP contribution in [0.2, 0.25) is 0 Å². The van der Waals surface area contributed by atoms with Gasteiger partial charge in [0.15, 0.2) is 11.5 Å². The van der Waals surface area contributed by atoms with Gasteiger partial charge in [-0.3, -0.25) is 4.79 Å². The van der Waals surface area contributed by atoms with Crippen molar-refractivity contribution in [3.05, 3.63) is 77.4 Å². The van der Waals surface area contributed by atoms with Crippen molar-refractivity contribution in [3.63, 3.8) is 0 Å². The number of hydrogen-bond acceptors (Lipinski definition) is 4. The fraction of sp³-hybridized carbons (Fsp3) is 0.240. The molecule has 0 atom stereocenters. The Kier molecular flexibility index (Phi) is 5.05. The van der Waals surface area contributed by atoms with Gasteiger partial charge in [-0.25, -0.2) is 0 Å². The first kappa shape index (κ1) is 21.3. The van der Waals surface area contributed by atoms with Gasteiger partial charge in [-0.05, 0) is 59.4 Å². The first-order chi connectivity index (χ1) is 15.8. The summed E-state index contributed by atoms with van der Waals surface area (Å²) in [5.74, 6) is 0.838. The Morgan fingerprint density at radius 3 is 2.36 bits per heavy atom. The summed E-state index contributed by atoms with van der Waals surface area (Å²) in [4.78, 5) is 13.1. The Morgan fingerprint density at radius 1 is 0.970 bits per heavy atom. The summed E-state index contributed by atoms with van der Waals surface area (Å²) in [5.41, 5.74) is 6.14. The van der Waals surface area contributed by atoms with Gasteiger partial charge in [0.05, 0.1) is 11.0 Å². The highest BCUT2D eigenvalue weighted by molar-refractivity contribution is 6.01. The molecule has 0 spiro atoms. The molecule has 0 radical (unpaired) electrons. The molecule has 3 aromatic rings. The number of carbonyl (C=O) groups is 1. The molecule has 1 aliphatic heterocycles. The lowest BCUT2D eigenvalue weighted by molar-refractivity contribution is -0.137. The molecule has 1 amide bonds. The fourth-order valence-corrected chi connectivity index (χ4v) is 4.15. The van der Waals surface area contributed by atoms with Gasteiger partial charge < -0.3 is 20.5 Å². The van der Waals surface area contributed by atoms with E-state index >= 15 is 0 Å². The normalized spacial score (nSPS) is 15.9.